The number of allylic oxidation sites excluding steroid dienone is 2. The fraction of sp³-hybridized carbons (Fsp3) is 0.0204. The number of nitrogens with zero attached hydrogens (tertiary/aromatic N) is 2. The van der Waals surface area contributed by atoms with Crippen molar-refractivity contribution in [3.63, 3.8) is 0 Å². The van der Waals surface area contributed by atoms with E-state index < -0.39 is 0 Å². The van der Waals surface area contributed by atoms with E-state index in [4.69, 9.17) is 4.42 Å². The number of rotatable bonds is 7. The summed E-state index contributed by atoms with van der Waals surface area (Å²) in [5.74, 6) is 0. The Bertz CT molecular complexity index is 2790. The maximum absolute atomic E-state index is 6.56. The lowest BCUT2D eigenvalue weighted by Crippen LogP contribution is -2.17. The minimum atomic E-state index is 0.761. The molecule has 0 amide bonds. The van der Waals surface area contributed by atoms with Gasteiger partial charge in [-0.3, -0.25) is 0 Å². The van der Waals surface area contributed by atoms with Gasteiger partial charge in [-0.1, -0.05) is 134 Å². The van der Waals surface area contributed by atoms with E-state index in [-0.39, 0.29) is 0 Å². The number of aromatic nitrogens is 1. The highest BCUT2D eigenvalue weighted by molar-refractivity contribution is 6.09. The first-order valence-electron chi connectivity index (χ1n) is 17.7. The SMILES string of the molecule is C=c1/c(=C\C=C/C)oc2c(N(c3ccc(-c4ccc(-c5ccccc5)cc4)cc3)c3ccc(-n4c5ccccc5c5ccccc54)cc3)cccc12. The van der Waals surface area contributed by atoms with Crippen molar-refractivity contribution < 1.29 is 4.42 Å². The molecule has 0 aliphatic rings. The second-order valence-corrected chi connectivity index (χ2v) is 13.0. The molecule has 0 N–H and O–H groups in total. The Morgan fingerprint density at radius 2 is 1.02 bits per heavy atom. The molecule has 52 heavy (non-hydrogen) atoms. The van der Waals surface area contributed by atoms with E-state index in [2.05, 4.69) is 186 Å². The van der Waals surface area contributed by atoms with Crippen LogP contribution in [0.4, 0.5) is 17.1 Å². The molecule has 9 aromatic rings. The maximum Gasteiger partial charge on any atom is 0.159 e. The predicted molar refractivity (Wildman–Crippen MR) is 220 cm³/mol. The molecule has 7 aromatic carbocycles. The van der Waals surface area contributed by atoms with Gasteiger partial charge in [0.25, 0.3) is 0 Å². The van der Waals surface area contributed by atoms with Gasteiger partial charge in [-0.25, -0.2) is 0 Å². The van der Waals surface area contributed by atoms with Crippen LogP contribution < -0.4 is 15.5 Å². The standard InChI is InChI=1S/C49H36N2O/c1-3-4-21-48-34(2)42-17-12-20-47(49(42)52-48)50(39-28-26-38(27-29-39)37-24-22-36(23-25-37)35-13-6-5-7-14-35)40-30-32-41(33-31-40)51-45-18-10-8-15-43(45)44-16-9-11-19-46(44)51/h3-33H,2H2,1H3/b4-3-,48-21+. The summed E-state index contributed by atoms with van der Waals surface area (Å²) < 4.78 is 8.91. The highest BCUT2D eigenvalue weighted by Crippen LogP contribution is 2.40. The number of hydrogen-bond donors (Lipinski definition) is 0. The van der Waals surface area contributed by atoms with Crippen LogP contribution in [0.15, 0.2) is 186 Å². The minimum absolute atomic E-state index is 0.761. The fourth-order valence-electron chi connectivity index (χ4n) is 7.34. The minimum Gasteiger partial charge on any atom is -0.454 e. The quantitative estimate of drug-likeness (QED) is 0.169. The first kappa shape index (κ1) is 31.2. The van der Waals surface area contributed by atoms with Gasteiger partial charge in [-0.05, 0) is 89.9 Å². The Morgan fingerprint density at radius 1 is 0.519 bits per heavy atom. The van der Waals surface area contributed by atoms with Crippen LogP contribution in [0.5, 0.6) is 0 Å². The van der Waals surface area contributed by atoms with E-state index >= 15 is 0 Å². The summed E-state index contributed by atoms with van der Waals surface area (Å²) in [6, 6.07) is 60.4. The Morgan fingerprint density at radius 3 is 1.62 bits per heavy atom. The predicted octanol–water partition coefficient (Wildman–Crippen LogP) is 12.1. The van der Waals surface area contributed by atoms with E-state index in [0.29, 0.717) is 0 Å². The van der Waals surface area contributed by atoms with E-state index in [9.17, 15) is 0 Å². The first-order chi connectivity index (χ1) is 25.7. The number of benzene rings is 7. The van der Waals surface area contributed by atoms with E-state index in [0.717, 1.165) is 49.9 Å². The highest BCUT2D eigenvalue weighted by Gasteiger charge is 2.19. The highest BCUT2D eigenvalue weighted by atomic mass is 16.3. The van der Waals surface area contributed by atoms with E-state index in [1.807, 2.05) is 25.2 Å². The molecule has 0 aliphatic heterocycles. The summed E-state index contributed by atoms with van der Waals surface area (Å²) in [5, 5.41) is 4.37. The van der Waals surface area contributed by atoms with Crippen LogP contribution in [0.1, 0.15) is 6.92 Å². The van der Waals surface area contributed by atoms with Crippen LogP contribution in [0.2, 0.25) is 0 Å². The van der Waals surface area contributed by atoms with Crippen molar-refractivity contribution in [3.05, 3.63) is 193 Å². The molecule has 248 valence electrons. The van der Waals surface area contributed by atoms with Crippen molar-refractivity contribution in [1.82, 2.24) is 4.57 Å². The van der Waals surface area contributed by atoms with Crippen LogP contribution >= 0.6 is 0 Å². The van der Waals surface area contributed by atoms with Crippen LogP contribution in [0.25, 0.3) is 73.4 Å². The average molecular weight is 669 g/mol. The third-order valence-corrected chi connectivity index (χ3v) is 9.91. The van der Waals surface area contributed by atoms with Crippen molar-refractivity contribution in [2.45, 2.75) is 6.92 Å². The summed E-state index contributed by atoms with van der Waals surface area (Å²) in [6.45, 7) is 6.39. The van der Waals surface area contributed by atoms with Crippen molar-refractivity contribution in [2.75, 3.05) is 4.90 Å². The second-order valence-electron chi connectivity index (χ2n) is 13.0. The van der Waals surface area contributed by atoms with E-state index in [1.165, 1.54) is 38.5 Å². The first-order valence-corrected chi connectivity index (χ1v) is 17.7. The molecule has 3 heteroatoms. The summed E-state index contributed by atoms with van der Waals surface area (Å²) >= 11 is 0. The number of para-hydroxylation sites is 3. The molecular weight excluding hydrogens is 633 g/mol. The molecular formula is C49H36N2O. The van der Waals surface area contributed by atoms with Crippen LogP contribution in [0.3, 0.4) is 0 Å². The summed E-state index contributed by atoms with van der Waals surface area (Å²) in [4.78, 5) is 2.28. The Balaban J connectivity index is 1.16. The summed E-state index contributed by atoms with van der Waals surface area (Å²) in [5.41, 5.74) is 12.8. The zero-order valence-corrected chi connectivity index (χ0v) is 28.9. The summed E-state index contributed by atoms with van der Waals surface area (Å²) in [6.07, 6.45) is 5.96. The molecule has 2 aromatic heterocycles. The lowest BCUT2D eigenvalue weighted by molar-refractivity contribution is 0.576. The number of fused-ring (bicyclic) bond motifs is 4. The van der Waals surface area contributed by atoms with Gasteiger partial charge in [0, 0.05) is 38.4 Å². The van der Waals surface area contributed by atoms with Crippen molar-refractivity contribution in [1.29, 1.82) is 0 Å². The normalized spacial score (nSPS) is 12.1. The van der Waals surface area contributed by atoms with Gasteiger partial charge in [0.15, 0.2) is 5.58 Å². The lowest BCUT2D eigenvalue weighted by atomic mass is 10.00. The largest absolute Gasteiger partial charge is 0.454 e. The molecule has 2 heterocycles. The summed E-state index contributed by atoms with van der Waals surface area (Å²) in [7, 11) is 0. The molecule has 0 saturated carbocycles. The maximum atomic E-state index is 6.56. The lowest BCUT2D eigenvalue weighted by Gasteiger charge is -2.26. The third-order valence-electron chi connectivity index (χ3n) is 9.91. The van der Waals surface area contributed by atoms with Crippen molar-refractivity contribution in [2.24, 2.45) is 0 Å². The van der Waals surface area contributed by atoms with Gasteiger partial charge in [0.2, 0.25) is 0 Å². The monoisotopic (exact) mass is 668 g/mol. The van der Waals surface area contributed by atoms with Gasteiger partial charge in [-0.15, -0.1) is 0 Å². The second kappa shape index (κ2) is 13.1. The van der Waals surface area contributed by atoms with Gasteiger partial charge >= 0.3 is 0 Å². The van der Waals surface area contributed by atoms with Gasteiger partial charge in [0.1, 0.15) is 5.42 Å². The molecule has 0 radical (unpaired) electrons. The molecule has 3 nitrogen and oxygen atoms in total. The van der Waals surface area contributed by atoms with Gasteiger partial charge < -0.3 is 13.9 Å². The molecule has 0 atom stereocenters. The molecule has 0 bridgehead atoms. The van der Waals surface area contributed by atoms with Crippen LogP contribution in [-0.4, -0.2) is 4.57 Å². The molecule has 0 unspecified atom stereocenters. The third kappa shape index (κ3) is 5.40. The number of hydrogen-bond acceptors (Lipinski definition) is 2. The zero-order chi connectivity index (χ0) is 35.0. The molecule has 0 fully saturated rings. The Kier molecular flexibility index (Phi) is 7.87. The number of furan rings is 1. The van der Waals surface area contributed by atoms with Crippen LogP contribution in [0, 0.1) is 0 Å². The van der Waals surface area contributed by atoms with Crippen LogP contribution in [-0.2, 0) is 0 Å². The number of anilines is 3. The molecule has 0 aliphatic carbocycles. The van der Waals surface area contributed by atoms with Crippen molar-refractivity contribution >= 4 is 62.5 Å². The molecule has 0 spiro atoms. The van der Waals surface area contributed by atoms with Gasteiger partial charge in [-0.2, -0.15) is 0 Å². The average Bonchev–Trinajstić information content (AvgIpc) is 3.72. The zero-order valence-electron chi connectivity index (χ0n) is 28.9. The van der Waals surface area contributed by atoms with Gasteiger partial charge in [0.05, 0.1) is 16.7 Å². The fourth-order valence-corrected chi connectivity index (χ4v) is 7.34. The van der Waals surface area contributed by atoms with E-state index in [1.54, 1.807) is 0 Å². The Hall–Kier alpha value is -6.84. The molecule has 0 saturated heterocycles. The topological polar surface area (TPSA) is 21.3 Å². The Labute approximate surface area is 302 Å². The van der Waals surface area contributed by atoms with Crippen molar-refractivity contribution in [3.8, 4) is 27.9 Å². The molecule has 9 rings (SSSR count). The smallest absolute Gasteiger partial charge is 0.159 e.